The zero-order chi connectivity index (χ0) is 19.1. The van der Waals surface area contributed by atoms with Gasteiger partial charge in [-0.2, -0.15) is 0 Å². The second-order valence-electron chi connectivity index (χ2n) is 8.55. The van der Waals surface area contributed by atoms with Gasteiger partial charge in [0, 0.05) is 43.3 Å². The van der Waals surface area contributed by atoms with E-state index in [9.17, 15) is 9.59 Å². The summed E-state index contributed by atoms with van der Waals surface area (Å²) in [5, 5.41) is 3.00. The van der Waals surface area contributed by atoms with E-state index in [1.165, 1.54) is 12.8 Å². The van der Waals surface area contributed by atoms with Gasteiger partial charge in [0.25, 0.3) is 5.91 Å². The summed E-state index contributed by atoms with van der Waals surface area (Å²) in [5.41, 5.74) is 0.858. The number of H-pyrrole nitrogens is 1. The first-order valence-electron chi connectivity index (χ1n) is 10.3. The average molecular weight is 399 g/mol. The molecule has 3 aliphatic rings. The first-order valence-corrected chi connectivity index (χ1v) is 11.1. The zero-order valence-electron chi connectivity index (χ0n) is 16.0. The molecule has 1 N–H and O–H groups in total. The molecule has 0 aromatic carbocycles. The van der Waals surface area contributed by atoms with E-state index in [1.807, 2.05) is 28.6 Å². The number of hydrogen-bond acceptors (Lipinski definition) is 4. The highest BCUT2D eigenvalue weighted by Gasteiger charge is 2.59. The quantitative estimate of drug-likeness (QED) is 0.812. The predicted molar refractivity (Wildman–Crippen MR) is 107 cm³/mol. The molecule has 2 aromatic heterocycles. The van der Waals surface area contributed by atoms with Crippen molar-refractivity contribution >= 4 is 23.2 Å². The molecule has 2 aromatic rings. The summed E-state index contributed by atoms with van der Waals surface area (Å²) in [6.07, 6.45) is 9.72. The molecule has 1 saturated heterocycles. The number of hydrogen-bond donors (Lipinski definition) is 1. The highest BCUT2D eigenvalue weighted by Crippen LogP contribution is 2.57. The fourth-order valence-corrected chi connectivity index (χ4v) is 5.24. The Balaban J connectivity index is 1.24. The van der Waals surface area contributed by atoms with Gasteiger partial charge in [-0.1, -0.05) is 0 Å². The van der Waals surface area contributed by atoms with Crippen LogP contribution in [0, 0.1) is 11.3 Å². The molecule has 28 heavy (non-hydrogen) atoms. The topological polar surface area (TPSA) is 69.3 Å². The van der Waals surface area contributed by atoms with E-state index in [4.69, 9.17) is 0 Å². The van der Waals surface area contributed by atoms with Crippen LogP contribution in [0.2, 0.25) is 0 Å². The van der Waals surface area contributed by atoms with Gasteiger partial charge in [-0.3, -0.25) is 9.59 Å². The van der Waals surface area contributed by atoms with Crippen molar-refractivity contribution in [1.29, 1.82) is 0 Å². The molecule has 6 nitrogen and oxygen atoms in total. The second-order valence-corrected chi connectivity index (χ2v) is 9.53. The SMILES string of the molecule is O=C(c1ccc[nH]1)N1CCC2(CC1)CC2N(Cc1nccs1)C(=O)CC1CC1. The molecule has 3 fully saturated rings. The minimum atomic E-state index is 0.0847. The molecule has 7 heteroatoms. The molecule has 0 radical (unpaired) electrons. The number of nitrogens with one attached hydrogen (secondary N) is 1. The zero-order valence-corrected chi connectivity index (χ0v) is 16.8. The standard InChI is InChI=1S/C21H26N4O2S/c26-19(12-15-3-4-15)25(14-18-23-8-11-28-18)17-13-21(17)5-9-24(10-6-21)20(27)16-2-1-7-22-16/h1-2,7-8,11,15,17,22H,3-6,9-10,12-14H2. The number of amides is 2. The number of thiazole rings is 1. The largest absolute Gasteiger partial charge is 0.357 e. The molecule has 2 aliphatic carbocycles. The minimum absolute atomic E-state index is 0.0847. The number of rotatable bonds is 6. The van der Waals surface area contributed by atoms with Gasteiger partial charge in [0.05, 0.1) is 6.54 Å². The van der Waals surface area contributed by atoms with E-state index in [0.717, 1.165) is 37.4 Å². The fourth-order valence-electron chi connectivity index (χ4n) is 4.63. The molecule has 2 saturated carbocycles. The van der Waals surface area contributed by atoms with E-state index in [-0.39, 0.29) is 11.3 Å². The van der Waals surface area contributed by atoms with Gasteiger partial charge in [-0.15, -0.1) is 11.3 Å². The number of carbonyl (C=O) groups is 2. The van der Waals surface area contributed by atoms with Crippen molar-refractivity contribution in [3.05, 3.63) is 40.6 Å². The third-order valence-electron chi connectivity index (χ3n) is 6.67. The van der Waals surface area contributed by atoms with Crippen LogP contribution < -0.4 is 0 Å². The first kappa shape index (κ1) is 17.9. The summed E-state index contributed by atoms with van der Waals surface area (Å²) in [7, 11) is 0. The minimum Gasteiger partial charge on any atom is -0.357 e. The summed E-state index contributed by atoms with van der Waals surface area (Å²) < 4.78 is 0. The van der Waals surface area contributed by atoms with E-state index >= 15 is 0 Å². The van der Waals surface area contributed by atoms with Gasteiger partial charge in [-0.05, 0) is 55.6 Å². The lowest BCUT2D eigenvalue weighted by molar-refractivity contribution is -0.133. The number of carbonyl (C=O) groups excluding carboxylic acids is 2. The van der Waals surface area contributed by atoms with Crippen molar-refractivity contribution in [3.8, 4) is 0 Å². The van der Waals surface area contributed by atoms with E-state index < -0.39 is 0 Å². The Morgan fingerprint density at radius 3 is 2.79 bits per heavy atom. The molecular formula is C21H26N4O2S. The Kier molecular flexibility index (Phi) is 4.50. The first-order chi connectivity index (χ1) is 13.6. The third kappa shape index (κ3) is 3.48. The van der Waals surface area contributed by atoms with Crippen LogP contribution in [-0.4, -0.2) is 50.7 Å². The normalized spacial score (nSPS) is 23.0. The van der Waals surface area contributed by atoms with Crippen molar-refractivity contribution in [2.24, 2.45) is 11.3 Å². The highest BCUT2D eigenvalue weighted by molar-refractivity contribution is 7.09. The number of piperidine rings is 1. The van der Waals surface area contributed by atoms with Crippen molar-refractivity contribution in [3.63, 3.8) is 0 Å². The van der Waals surface area contributed by atoms with Crippen molar-refractivity contribution < 1.29 is 9.59 Å². The molecule has 3 heterocycles. The number of likely N-dealkylation sites (tertiary alicyclic amines) is 1. The van der Waals surface area contributed by atoms with E-state index in [1.54, 1.807) is 17.5 Å². The van der Waals surface area contributed by atoms with Gasteiger partial charge in [0.1, 0.15) is 10.7 Å². The van der Waals surface area contributed by atoms with Crippen LogP contribution >= 0.6 is 11.3 Å². The number of aromatic amines is 1. The van der Waals surface area contributed by atoms with Crippen molar-refractivity contribution in [1.82, 2.24) is 19.8 Å². The Hall–Kier alpha value is -2.15. The lowest BCUT2D eigenvalue weighted by atomic mass is 9.92. The highest BCUT2D eigenvalue weighted by atomic mass is 32.1. The third-order valence-corrected chi connectivity index (χ3v) is 7.43. The van der Waals surface area contributed by atoms with Gasteiger partial charge in [0.2, 0.25) is 5.91 Å². The van der Waals surface area contributed by atoms with Gasteiger partial charge in [0.15, 0.2) is 0 Å². The summed E-state index contributed by atoms with van der Waals surface area (Å²) >= 11 is 1.62. The Bertz CT molecular complexity index is 836. The van der Waals surface area contributed by atoms with Crippen LogP contribution in [0.4, 0.5) is 0 Å². The molecular weight excluding hydrogens is 372 g/mol. The Morgan fingerprint density at radius 1 is 1.32 bits per heavy atom. The maximum absolute atomic E-state index is 13.0. The van der Waals surface area contributed by atoms with Crippen LogP contribution in [0.1, 0.15) is 54.0 Å². The van der Waals surface area contributed by atoms with Crippen molar-refractivity contribution in [2.75, 3.05) is 13.1 Å². The summed E-state index contributed by atoms with van der Waals surface area (Å²) in [5.74, 6) is 0.979. The van der Waals surface area contributed by atoms with E-state index in [2.05, 4.69) is 14.9 Å². The van der Waals surface area contributed by atoms with E-state index in [0.29, 0.717) is 36.5 Å². The van der Waals surface area contributed by atoms with Crippen LogP contribution in [0.25, 0.3) is 0 Å². The molecule has 1 atom stereocenters. The summed E-state index contributed by atoms with van der Waals surface area (Å²) in [6, 6.07) is 4.00. The smallest absolute Gasteiger partial charge is 0.270 e. The molecule has 148 valence electrons. The Morgan fingerprint density at radius 2 is 2.14 bits per heavy atom. The monoisotopic (exact) mass is 398 g/mol. The maximum atomic E-state index is 13.0. The lowest BCUT2D eigenvalue weighted by Crippen LogP contribution is -2.43. The second kappa shape index (κ2) is 7.03. The Labute approximate surface area is 168 Å². The van der Waals surface area contributed by atoms with Gasteiger partial charge < -0.3 is 14.8 Å². The molecule has 1 aliphatic heterocycles. The number of nitrogens with zero attached hydrogens (tertiary/aromatic N) is 3. The van der Waals surface area contributed by atoms with Crippen LogP contribution in [-0.2, 0) is 11.3 Å². The van der Waals surface area contributed by atoms with Crippen LogP contribution in [0.3, 0.4) is 0 Å². The molecule has 1 spiro atoms. The maximum Gasteiger partial charge on any atom is 0.270 e. The van der Waals surface area contributed by atoms with Crippen LogP contribution in [0.15, 0.2) is 29.9 Å². The fraction of sp³-hybridized carbons (Fsp3) is 0.571. The molecule has 2 amide bonds. The van der Waals surface area contributed by atoms with Crippen LogP contribution in [0.5, 0.6) is 0 Å². The predicted octanol–water partition coefficient (Wildman–Crippen LogP) is 3.29. The molecule has 5 rings (SSSR count). The number of aromatic nitrogens is 2. The summed E-state index contributed by atoms with van der Waals surface area (Å²) in [4.78, 5) is 37.0. The van der Waals surface area contributed by atoms with Crippen molar-refractivity contribution in [2.45, 2.75) is 51.1 Å². The van der Waals surface area contributed by atoms with Gasteiger partial charge >= 0.3 is 0 Å². The lowest BCUT2D eigenvalue weighted by Gasteiger charge is -2.34. The molecule has 0 bridgehead atoms. The summed E-state index contributed by atoms with van der Waals surface area (Å²) in [6.45, 7) is 2.19. The average Bonchev–Trinajstić information content (AvgIpc) is 3.47. The molecule has 1 unspecified atom stereocenters. The van der Waals surface area contributed by atoms with Gasteiger partial charge in [-0.25, -0.2) is 4.98 Å².